The zero-order valence-corrected chi connectivity index (χ0v) is 15.0. The van der Waals surface area contributed by atoms with Gasteiger partial charge in [-0.3, -0.25) is 4.79 Å². The smallest absolute Gasteiger partial charge is 0.254 e. The van der Waals surface area contributed by atoms with Crippen molar-refractivity contribution < 1.29 is 13.9 Å². The van der Waals surface area contributed by atoms with Crippen molar-refractivity contribution >= 4 is 5.91 Å². The average Bonchev–Trinajstić information content (AvgIpc) is 3.24. The van der Waals surface area contributed by atoms with Gasteiger partial charge < -0.3 is 14.5 Å². The number of nitrogens with zero attached hydrogens (tertiary/aromatic N) is 4. The second kappa shape index (κ2) is 7.92. The Morgan fingerprint density at radius 3 is 2.88 bits per heavy atom. The summed E-state index contributed by atoms with van der Waals surface area (Å²) in [5.74, 6) is 1.67. The number of aromatic nitrogens is 4. The van der Waals surface area contributed by atoms with Gasteiger partial charge in [-0.25, -0.2) is 14.6 Å². The molecule has 0 spiro atoms. The topological polar surface area (TPSA) is 95.1 Å². The third-order valence-electron chi connectivity index (χ3n) is 3.89. The molecule has 0 radical (unpaired) electrons. The van der Waals surface area contributed by atoms with Crippen molar-refractivity contribution in [2.45, 2.75) is 20.3 Å². The van der Waals surface area contributed by atoms with Crippen LogP contribution in [0.4, 0.5) is 0 Å². The van der Waals surface area contributed by atoms with E-state index in [4.69, 9.17) is 9.15 Å². The Balaban J connectivity index is 1.80. The van der Waals surface area contributed by atoms with Crippen LogP contribution in [0.3, 0.4) is 0 Å². The van der Waals surface area contributed by atoms with E-state index in [1.807, 2.05) is 26.0 Å². The van der Waals surface area contributed by atoms with Gasteiger partial charge in [-0.15, -0.1) is 0 Å². The van der Waals surface area contributed by atoms with Crippen LogP contribution in [0.15, 0.2) is 35.0 Å². The Morgan fingerprint density at radius 2 is 2.15 bits per heavy atom. The lowest BCUT2D eigenvalue weighted by molar-refractivity contribution is 0.0948. The van der Waals surface area contributed by atoms with Crippen LogP contribution in [0.1, 0.15) is 28.2 Å². The summed E-state index contributed by atoms with van der Waals surface area (Å²) in [5, 5.41) is 7.12. The predicted octanol–water partition coefficient (Wildman–Crippen LogP) is 2.31. The molecule has 3 heterocycles. The molecule has 0 saturated carbocycles. The third kappa shape index (κ3) is 3.80. The highest BCUT2D eigenvalue weighted by Crippen LogP contribution is 2.20. The number of carbonyl (C=O) groups excluding carboxylic acids is 1. The number of methoxy groups -OCH3 is 1. The number of hydrogen-bond donors (Lipinski definition) is 1. The number of furan rings is 1. The first-order valence-electron chi connectivity index (χ1n) is 8.32. The SMILES string of the molecule is COCCCNC(=O)c1cnn(-c2nccc(-c3ccc(C)o3)n2)c1C. The lowest BCUT2D eigenvalue weighted by Crippen LogP contribution is -2.25. The molecular weight excluding hydrogens is 334 g/mol. The van der Waals surface area contributed by atoms with Gasteiger partial charge in [0.25, 0.3) is 11.9 Å². The number of rotatable bonds is 7. The van der Waals surface area contributed by atoms with Crippen LogP contribution >= 0.6 is 0 Å². The van der Waals surface area contributed by atoms with E-state index in [2.05, 4.69) is 20.4 Å². The van der Waals surface area contributed by atoms with Crippen molar-refractivity contribution in [1.82, 2.24) is 25.1 Å². The van der Waals surface area contributed by atoms with Crippen molar-refractivity contribution in [2.24, 2.45) is 0 Å². The standard InChI is InChI=1S/C18H21N5O3/c1-12-5-6-16(26-12)15-7-9-20-18(22-15)23-13(2)14(11-21-23)17(24)19-8-4-10-25-3/h5-7,9,11H,4,8,10H2,1-3H3,(H,19,24). The number of ether oxygens (including phenoxy) is 1. The number of aryl methyl sites for hydroxylation is 1. The van der Waals surface area contributed by atoms with Crippen molar-refractivity contribution in [3.63, 3.8) is 0 Å². The number of hydrogen-bond acceptors (Lipinski definition) is 6. The second-order valence-electron chi connectivity index (χ2n) is 5.81. The van der Waals surface area contributed by atoms with Gasteiger partial charge >= 0.3 is 0 Å². The maximum absolute atomic E-state index is 12.3. The van der Waals surface area contributed by atoms with Crippen molar-refractivity contribution in [3.8, 4) is 17.4 Å². The zero-order valence-electron chi connectivity index (χ0n) is 15.0. The first kappa shape index (κ1) is 17.8. The summed E-state index contributed by atoms with van der Waals surface area (Å²) in [4.78, 5) is 21.1. The van der Waals surface area contributed by atoms with Crippen LogP contribution < -0.4 is 5.32 Å². The van der Waals surface area contributed by atoms with E-state index in [1.165, 1.54) is 6.20 Å². The maximum atomic E-state index is 12.3. The minimum absolute atomic E-state index is 0.178. The normalized spacial score (nSPS) is 10.9. The van der Waals surface area contributed by atoms with E-state index in [-0.39, 0.29) is 5.91 Å². The fourth-order valence-corrected chi connectivity index (χ4v) is 2.51. The zero-order chi connectivity index (χ0) is 18.5. The molecule has 8 nitrogen and oxygen atoms in total. The highest BCUT2D eigenvalue weighted by atomic mass is 16.5. The largest absolute Gasteiger partial charge is 0.460 e. The predicted molar refractivity (Wildman–Crippen MR) is 95.2 cm³/mol. The van der Waals surface area contributed by atoms with E-state index in [0.29, 0.717) is 41.8 Å². The molecule has 1 N–H and O–H groups in total. The summed E-state index contributed by atoms with van der Waals surface area (Å²) < 4.78 is 12.1. The van der Waals surface area contributed by atoms with Crippen LogP contribution in [0.2, 0.25) is 0 Å². The van der Waals surface area contributed by atoms with Gasteiger partial charge in [-0.1, -0.05) is 0 Å². The first-order chi connectivity index (χ1) is 12.6. The summed E-state index contributed by atoms with van der Waals surface area (Å²) in [6, 6.07) is 5.50. The summed E-state index contributed by atoms with van der Waals surface area (Å²) in [5.41, 5.74) is 1.82. The van der Waals surface area contributed by atoms with Crippen molar-refractivity contribution in [3.05, 3.63) is 47.6 Å². The highest BCUT2D eigenvalue weighted by Gasteiger charge is 2.17. The molecule has 0 aromatic carbocycles. The summed E-state index contributed by atoms with van der Waals surface area (Å²) in [6.45, 7) is 4.83. The number of nitrogens with one attached hydrogen (secondary N) is 1. The molecule has 0 saturated heterocycles. The molecular formula is C18H21N5O3. The minimum atomic E-state index is -0.178. The Hall–Kier alpha value is -3.00. The molecule has 0 aliphatic rings. The Bertz CT molecular complexity index is 900. The molecule has 0 fully saturated rings. The molecule has 8 heteroatoms. The monoisotopic (exact) mass is 355 g/mol. The van der Waals surface area contributed by atoms with E-state index in [0.717, 1.165) is 12.2 Å². The Kier molecular flexibility index (Phi) is 5.43. The van der Waals surface area contributed by atoms with Gasteiger partial charge in [0.05, 0.1) is 17.5 Å². The van der Waals surface area contributed by atoms with Crippen LogP contribution in [0.25, 0.3) is 17.4 Å². The van der Waals surface area contributed by atoms with Gasteiger partial charge in [-0.2, -0.15) is 5.10 Å². The van der Waals surface area contributed by atoms with Crippen LogP contribution in [-0.4, -0.2) is 45.9 Å². The Morgan fingerprint density at radius 1 is 1.31 bits per heavy atom. The van der Waals surface area contributed by atoms with Crippen LogP contribution in [0, 0.1) is 13.8 Å². The minimum Gasteiger partial charge on any atom is -0.460 e. The lowest BCUT2D eigenvalue weighted by atomic mass is 10.2. The fraction of sp³-hybridized carbons (Fsp3) is 0.333. The second-order valence-corrected chi connectivity index (χ2v) is 5.81. The number of carbonyl (C=O) groups is 1. The van der Waals surface area contributed by atoms with E-state index < -0.39 is 0 Å². The lowest BCUT2D eigenvalue weighted by Gasteiger charge is -2.06. The molecule has 136 valence electrons. The van der Waals surface area contributed by atoms with Gasteiger partial charge in [0.2, 0.25) is 0 Å². The van der Waals surface area contributed by atoms with E-state index in [9.17, 15) is 4.79 Å². The third-order valence-corrected chi connectivity index (χ3v) is 3.89. The number of amides is 1. The molecule has 0 atom stereocenters. The van der Waals surface area contributed by atoms with Gasteiger partial charge in [0, 0.05) is 26.5 Å². The van der Waals surface area contributed by atoms with Crippen molar-refractivity contribution in [1.29, 1.82) is 0 Å². The first-order valence-corrected chi connectivity index (χ1v) is 8.32. The van der Waals surface area contributed by atoms with Crippen molar-refractivity contribution in [2.75, 3.05) is 20.3 Å². The van der Waals surface area contributed by atoms with Crippen LogP contribution in [-0.2, 0) is 4.74 Å². The average molecular weight is 355 g/mol. The van der Waals surface area contributed by atoms with Gasteiger partial charge in [-0.05, 0) is 38.5 Å². The molecule has 0 bridgehead atoms. The van der Waals surface area contributed by atoms with E-state index >= 15 is 0 Å². The molecule has 0 aliphatic carbocycles. The van der Waals surface area contributed by atoms with E-state index in [1.54, 1.807) is 24.1 Å². The molecule has 1 amide bonds. The maximum Gasteiger partial charge on any atom is 0.254 e. The molecule has 3 rings (SSSR count). The van der Waals surface area contributed by atoms with Gasteiger partial charge in [0.1, 0.15) is 11.5 Å². The summed E-state index contributed by atoms with van der Waals surface area (Å²) >= 11 is 0. The molecule has 0 unspecified atom stereocenters. The summed E-state index contributed by atoms with van der Waals surface area (Å²) in [6.07, 6.45) is 3.92. The van der Waals surface area contributed by atoms with Crippen LogP contribution in [0.5, 0.6) is 0 Å². The highest BCUT2D eigenvalue weighted by molar-refractivity contribution is 5.95. The quantitative estimate of drug-likeness (QED) is 0.654. The molecule has 3 aromatic heterocycles. The Labute approximate surface area is 151 Å². The molecule has 3 aromatic rings. The molecule has 0 aliphatic heterocycles. The fourth-order valence-electron chi connectivity index (χ4n) is 2.51. The molecule has 26 heavy (non-hydrogen) atoms. The summed E-state index contributed by atoms with van der Waals surface area (Å²) in [7, 11) is 1.63. The van der Waals surface area contributed by atoms with Gasteiger partial charge in [0.15, 0.2) is 5.76 Å².